The number of aromatic nitrogens is 3. The highest BCUT2D eigenvalue weighted by atomic mass is 16.2. The number of hydrogen-bond donors (Lipinski definition) is 2. The first-order valence-corrected chi connectivity index (χ1v) is 11.0. The number of rotatable bonds is 6. The molecular formula is C22H32N6O. The Morgan fingerprint density at radius 2 is 1.86 bits per heavy atom. The smallest absolute Gasteiger partial charge is 0.315 e. The summed E-state index contributed by atoms with van der Waals surface area (Å²) in [6.07, 6.45) is 5.76. The van der Waals surface area contributed by atoms with E-state index < -0.39 is 0 Å². The van der Waals surface area contributed by atoms with Crippen molar-refractivity contribution < 1.29 is 4.79 Å². The van der Waals surface area contributed by atoms with Gasteiger partial charge in [0.1, 0.15) is 5.82 Å². The third-order valence-corrected chi connectivity index (χ3v) is 6.04. The lowest BCUT2D eigenvalue weighted by Gasteiger charge is -2.33. The van der Waals surface area contributed by atoms with Crippen LogP contribution in [-0.4, -0.2) is 57.4 Å². The number of nitrogens with zero attached hydrogens (tertiary/aromatic N) is 4. The van der Waals surface area contributed by atoms with Crippen LogP contribution in [0.15, 0.2) is 30.3 Å². The van der Waals surface area contributed by atoms with Crippen LogP contribution in [0, 0.1) is 0 Å². The zero-order chi connectivity index (χ0) is 20.1. The van der Waals surface area contributed by atoms with E-state index >= 15 is 0 Å². The minimum atomic E-state index is -0.0444. The molecule has 7 heteroatoms. The van der Waals surface area contributed by atoms with Crippen molar-refractivity contribution in [1.82, 2.24) is 30.3 Å². The molecule has 0 saturated carbocycles. The van der Waals surface area contributed by atoms with E-state index in [1.165, 1.54) is 5.56 Å². The fraction of sp³-hybridized carbons (Fsp3) is 0.591. The standard InChI is InChI=1S/C22H32N6O/c1-2-20-25-21-9-8-19(16-28(21)26-20)24-22(29)23-18-11-14-27(15-12-18)13-10-17-6-4-3-5-7-17/h3-7,18-19H,2,8-16H2,1H3,(H2,23,24,29). The van der Waals surface area contributed by atoms with Crippen molar-refractivity contribution >= 4 is 6.03 Å². The van der Waals surface area contributed by atoms with Gasteiger partial charge in [-0.3, -0.25) is 0 Å². The molecule has 0 aliphatic carbocycles. The second-order valence-electron chi connectivity index (χ2n) is 8.18. The van der Waals surface area contributed by atoms with Crippen LogP contribution in [0.25, 0.3) is 0 Å². The van der Waals surface area contributed by atoms with Crippen molar-refractivity contribution in [1.29, 1.82) is 0 Å². The van der Waals surface area contributed by atoms with Gasteiger partial charge in [-0.15, -0.1) is 0 Å². The first-order valence-electron chi connectivity index (χ1n) is 11.0. The Balaban J connectivity index is 1.16. The Bertz CT molecular complexity index is 797. The van der Waals surface area contributed by atoms with E-state index in [-0.39, 0.29) is 18.1 Å². The molecule has 2 aliphatic heterocycles. The molecule has 1 fully saturated rings. The van der Waals surface area contributed by atoms with E-state index in [4.69, 9.17) is 0 Å². The van der Waals surface area contributed by atoms with Gasteiger partial charge in [0, 0.05) is 38.5 Å². The molecule has 1 unspecified atom stereocenters. The van der Waals surface area contributed by atoms with Gasteiger partial charge in [0.15, 0.2) is 5.82 Å². The van der Waals surface area contributed by atoms with Crippen molar-refractivity contribution in [2.24, 2.45) is 0 Å². The lowest BCUT2D eigenvalue weighted by atomic mass is 10.0. The molecule has 0 radical (unpaired) electrons. The minimum absolute atomic E-state index is 0.0444. The van der Waals surface area contributed by atoms with Crippen molar-refractivity contribution in [2.45, 2.75) is 64.1 Å². The largest absolute Gasteiger partial charge is 0.335 e. The SMILES string of the molecule is CCc1nc2n(n1)CC(NC(=O)NC1CCN(CCc3ccccc3)CC1)CC2. The van der Waals surface area contributed by atoms with E-state index in [2.05, 4.69) is 62.9 Å². The lowest BCUT2D eigenvalue weighted by molar-refractivity contribution is 0.191. The van der Waals surface area contributed by atoms with Crippen molar-refractivity contribution in [3.05, 3.63) is 47.5 Å². The van der Waals surface area contributed by atoms with Crippen molar-refractivity contribution in [3.63, 3.8) is 0 Å². The maximum Gasteiger partial charge on any atom is 0.315 e. The second-order valence-corrected chi connectivity index (χ2v) is 8.18. The number of benzene rings is 1. The van der Waals surface area contributed by atoms with Crippen LogP contribution in [0.5, 0.6) is 0 Å². The molecule has 4 rings (SSSR count). The van der Waals surface area contributed by atoms with Crippen LogP contribution in [0.1, 0.15) is 43.4 Å². The molecule has 2 aliphatic rings. The van der Waals surface area contributed by atoms with Gasteiger partial charge in [0.05, 0.1) is 12.6 Å². The molecule has 0 bridgehead atoms. The van der Waals surface area contributed by atoms with Gasteiger partial charge in [0.25, 0.3) is 0 Å². The number of fused-ring (bicyclic) bond motifs is 1. The summed E-state index contributed by atoms with van der Waals surface area (Å²) in [4.78, 5) is 19.5. The molecule has 1 atom stereocenters. The third-order valence-electron chi connectivity index (χ3n) is 6.04. The highest BCUT2D eigenvalue weighted by Gasteiger charge is 2.25. The summed E-state index contributed by atoms with van der Waals surface area (Å²) in [5.74, 6) is 1.94. The number of carbonyl (C=O) groups is 1. The minimum Gasteiger partial charge on any atom is -0.335 e. The fourth-order valence-electron chi connectivity index (χ4n) is 4.27. The Morgan fingerprint density at radius 3 is 2.62 bits per heavy atom. The molecule has 2 amide bonds. The second kappa shape index (κ2) is 9.39. The maximum absolute atomic E-state index is 12.5. The molecule has 1 aromatic heterocycles. The highest BCUT2D eigenvalue weighted by molar-refractivity contribution is 5.74. The summed E-state index contributed by atoms with van der Waals surface area (Å²) in [5.41, 5.74) is 1.39. The zero-order valence-corrected chi connectivity index (χ0v) is 17.3. The van der Waals surface area contributed by atoms with E-state index in [0.29, 0.717) is 6.54 Å². The summed E-state index contributed by atoms with van der Waals surface area (Å²) >= 11 is 0. The molecule has 29 heavy (non-hydrogen) atoms. The predicted octanol–water partition coefficient (Wildman–Crippen LogP) is 2.16. The van der Waals surface area contributed by atoms with Crippen LogP contribution in [-0.2, 0) is 25.8 Å². The fourth-order valence-corrected chi connectivity index (χ4v) is 4.27. The molecule has 3 heterocycles. The predicted molar refractivity (Wildman–Crippen MR) is 113 cm³/mol. The van der Waals surface area contributed by atoms with Gasteiger partial charge < -0.3 is 15.5 Å². The molecule has 1 saturated heterocycles. The maximum atomic E-state index is 12.5. The highest BCUT2D eigenvalue weighted by Crippen LogP contribution is 2.14. The molecule has 1 aromatic carbocycles. The molecule has 2 N–H and O–H groups in total. The van der Waals surface area contributed by atoms with Crippen molar-refractivity contribution in [3.8, 4) is 0 Å². The third kappa shape index (κ3) is 5.35. The number of nitrogens with one attached hydrogen (secondary N) is 2. The van der Waals surface area contributed by atoms with Crippen molar-refractivity contribution in [2.75, 3.05) is 19.6 Å². The van der Waals surface area contributed by atoms with Gasteiger partial charge in [0.2, 0.25) is 0 Å². The number of hydrogen-bond acceptors (Lipinski definition) is 4. The quantitative estimate of drug-likeness (QED) is 0.785. The monoisotopic (exact) mass is 396 g/mol. The molecule has 2 aromatic rings. The number of likely N-dealkylation sites (tertiary alicyclic amines) is 1. The summed E-state index contributed by atoms with van der Waals surface area (Å²) < 4.78 is 1.96. The topological polar surface area (TPSA) is 75.1 Å². The number of carbonyl (C=O) groups excluding carboxylic acids is 1. The average molecular weight is 397 g/mol. The molecular weight excluding hydrogens is 364 g/mol. The van der Waals surface area contributed by atoms with Gasteiger partial charge in [-0.05, 0) is 31.2 Å². The number of amides is 2. The number of piperidine rings is 1. The summed E-state index contributed by atoms with van der Waals surface area (Å²) in [6.45, 7) is 5.96. The average Bonchev–Trinajstić information content (AvgIpc) is 3.16. The Kier molecular flexibility index (Phi) is 6.44. The first-order chi connectivity index (χ1) is 14.2. The van der Waals surface area contributed by atoms with E-state index in [1.807, 2.05) is 4.68 Å². The lowest BCUT2D eigenvalue weighted by Crippen LogP contribution is -2.51. The van der Waals surface area contributed by atoms with Crippen LogP contribution >= 0.6 is 0 Å². The summed E-state index contributed by atoms with van der Waals surface area (Å²) in [6, 6.07) is 11.0. The number of aryl methyl sites for hydroxylation is 2. The zero-order valence-electron chi connectivity index (χ0n) is 17.3. The normalized spacial score (nSPS) is 20.2. The summed E-state index contributed by atoms with van der Waals surface area (Å²) in [7, 11) is 0. The Labute approximate surface area is 172 Å². The van der Waals surface area contributed by atoms with Crippen LogP contribution < -0.4 is 10.6 Å². The van der Waals surface area contributed by atoms with Crippen LogP contribution in [0.4, 0.5) is 4.79 Å². The summed E-state index contributed by atoms with van der Waals surface area (Å²) in [5, 5.41) is 10.8. The van der Waals surface area contributed by atoms with Gasteiger partial charge in [-0.2, -0.15) is 5.10 Å². The molecule has 7 nitrogen and oxygen atoms in total. The number of urea groups is 1. The van der Waals surface area contributed by atoms with Gasteiger partial charge in [-0.25, -0.2) is 14.5 Å². The Hall–Kier alpha value is -2.41. The van der Waals surface area contributed by atoms with Crippen LogP contribution in [0.2, 0.25) is 0 Å². The molecule has 0 spiro atoms. The van der Waals surface area contributed by atoms with Gasteiger partial charge >= 0.3 is 6.03 Å². The van der Waals surface area contributed by atoms with Gasteiger partial charge in [-0.1, -0.05) is 37.3 Å². The molecule has 156 valence electrons. The van der Waals surface area contributed by atoms with E-state index in [0.717, 1.165) is 69.8 Å². The first kappa shape index (κ1) is 19.9. The van der Waals surface area contributed by atoms with E-state index in [9.17, 15) is 4.79 Å². The van der Waals surface area contributed by atoms with E-state index in [1.54, 1.807) is 0 Å². The van der Waals surface area contributed by atoms with Crippen LogP contribution in [0.3, 0.4) is 0 Å². The Morgan fingerprint density at radius 1 is 1.10 bits per heavy atom.